The number of Topliss-reactive ketones (excluding diaryl/α,β-unsaturated/α-hetero) is 1. The molecule has 0 aromatic carbocycles. The number of carbonyl (C=O) groups excluding carboxylic acids is 4. The second-order valence-corrected chi connectivity index (χ2v) is 8.64. The molecule has 2 saturated heterocycles. The van der Waals surface area contributed by atoms with Gasteiger partial charge in [-0.2, -0.15) is 0 Å². The van der Waals surface area contributed by atoms with Crippen LogP contribution in [0.5, 0.6) is 0 Å². The largest absolute Gasteiger partial charge is 0.342 e. The standard InChI is InChI=1S/C19H25N3O4S/c1-12(2)10-22-18(26)20-17(25)19(22)4-6-21(7-5-19)16(24)9-14-8-15(13(3)23)27-11-14/h8,11-12H,4-7,9-10H2,1-3H3,(H,20,25,26). The van der Waals surface area contributed by atoms with Crippen LogP contribution in [0.1, 0.15) is 48.8 Å². The predicted molar refractivity (Wildman–Crippen MR) is 102 cm³/mol. The number of imide groups is 1. The van der Waals surface area contributed by atoms with E-state index < -0.39 is 5.54 Å². The van der Waals surface area contributed by atoms with Crippen molar-refractivity contribution in [1.82, 2.24) is 15.1 Å². The minimum atomic E-state index is -0.831. The highest BCUT2D eigenvalue weighted by molar-refractivity contribution is 7.12. The molecule has 0 radical (unpaired) electrons. The SMILES string of the molecule is CC(=O)c1cc(CC(=O)N2CCC3(CC2)C(=O)NC(=O)N3CC(C)C)cs1. The van der Waals surface area contributed by atoms with Gasteiger partial charge in [-0.05, 0) is 42.7 Å². The summed E-state index contributed by atoms with van der Waals surface area (Å²) in [7, 11) is 0. The summed E-state index contributed by atoms with van der Waals surface area (Å²) in [6.07, 6.45) is 1.15. The molecule has 1 aromatic heterocycles. The van der Waals surface area contributed by atoms with Gasteiger partial charge in [-0.15, -0.1) is 11.3 Å². The minimum absolute atomic E-state index is 0.000713. The number of likely N-dealkylation sites (tertiary alicyclic amines) is 1. The first-order valence-corrected chi connectivity index (χ1v) is 10.1. The molecule has 1 spiro atoms. The second-order valence-electron chi connectivity index (χ2n) is 7.73. The Morgan fingerprint density at radius 2 is 1.93 bits per heavy atom. The maximum Gasteiger partial charge on any atom is 0.325 e. The van der Waals surface area contributed by atoms with Gasteiger partial charge in [-0.1, -0.05) is 13.8 Å². The van der Waals surface area contributed by atoms with Gasteiger partial charge in [-0.25, -0.2) is 4.79 Å². The molecule has 1 N–H and O–H groups in total. The van der Waals surface area contributed by atoms with Crippen LogP contribution in [-0.4, -0.2) is 58.6 Å². The average Bonchev–Trinajstić information content (AvgIpc) is 3.15. The summed E-state index contributed by atoms with van der Waals surface area (Å²) in [5, 5.41) is 4.28. The van der Waals surface area contributed by atoms with Gasteiger partial charge in [-0.3, -0.25) is 19.7 Å². The Kier molecular flexibility index (Phi) is 5.37. The molecule has 27 heavy (non-hydrogen) atoms. The fraction of sp³-hybridized carbons (Fsp3) is 0.579. The fourth-order valence-electron chi connectivity index (χ4n) is 3.78. The normalized spacial score (nSPS) is 19.1. The average molecular weight is 391 g/mol. The van der Waals surface area contributed by atoms with Crippen LogP contribution in [0.25, 0.3) is 0 Å². The van der Waals surface area contributed by atoms with Gasteiger partial charge in [0.2, 0.25) is 5.91 Å². The van der Waals surface area contributed by atoms with Crippen LogP contribution in [-0.2, 0) is 16.0 Å². The fourth-order valence-corrected chi connectivity index (χ4v) is 4.60. The quantitative estimate of drug-likeness (QED) is 0.615. The van der Waals surface area contributed by atoms with Crippen molar-refractivity contribution < 1.29 is 19.2 Å². The van der Waals surface area contributed by atoms with E-state index in [0.717, 1.165) is 5.56 Å². The molecular weight excluding hydrogens is 366 g/mol. The number of carbonyl (C=O) groups is 4. The Morgan fingerprint density at radius 3 is 2.48 bits per heavy atom. The van der Waals surface area contributed by atoms with Crippen LogP contribution in [0.4, 0.5) is 4.79 Å². The zero-order valence-corrected chi connectivity index (χ0v) is 16.7. The lowest BCUT2D eigenvalue weighted by Crippen LogP contribution is -2.58. The maximum atomic E-state index is 12.6. The van der Waals surface area contributed by atoms with E-state index in [2.05, 4.69) is 5.32 Å². The van der Waals surface area contributed by atoms with Crippen LogP contribution in [0.15, 0.2) is 11.4 Å². The highest BCUT2D eigenvalue weighted by Crippen LogP contribution is 2.34. The number of hydrogen-bond donors (Lipinski definition) is 1. The summed E-state index contributed by atoms with van der Waals surface area (Å²) in [4.78, 5) is 52.7. The van der Waals surface area contributed by atoms with Gasteiger partial charge in [0.05, 0.1) is 11.3 Å². The Morgan fingerprint density at radius 1 is 1.26 bits per heavy atom. The van der Waals surface area contributed by atoms with Crippen molar-refractivity contribution >= 4 is 35.0 Å². The van der Waals surface area contributed by atoms with Crippen LogP contribution < -0.4 is 5.32 Å². The van der Waals surface area contributed by atoms with E-state index in [1.807, 2.05) is 19.2 Å². The molecule has 3 rings (SSSR count). The third-order valence-electron chi connectivity index (χ3n) is 5.25. The Bertz CT molecular complexity index is 778. The lowest BCUT2D eigenvalue weighted by Gasteiger charge is -2.42. The maximum absolute atomic E-state index is 12.6. The number of ketones is 1. The lowest BCUT2D eigenvalue weighted by atomic mass is 9.85. The van der Waals surface area contributed by atoms with Crippen molar-refractivity contribution in [3.05, 3.63) is 21.9 Å². The van der Waals surface area contributed by atoms with E-state index in [4.69, 9.17) is 0 Å². The van der Waals surface area contributed by atoms with E-state index in [9.17, 15) is 19.2 Å². The van der Waals surface area contributed by atoms with Crippen LogP contribution in [0, 0.1) is 5.92 Å². The molecule has 7 nitrogen and oxygen atoms in total. The molecule has 1 aromatic rings. The number of hydrogen-bond acceptors (Lipinski definition) is 5. The number of thiophene rings is 1. The highest BCUT2D eigenvalue weighted by atomic mass is 32.1. The number of amides is 4. The van der Waals surface area contributed by atoms with Gasteiger partial charge in [0, 0.05) is 19.6 Å². The van der Waals surface area contributed by atoms with Crippen LogP contribution in [0.3, 0.4) is 0 Å². The van der Waals surface area contributed by atoms with Crippen molar-refractivity contribution in [2.75, 3.05) is 19.6 Å². The van der Waals surface area contributed by atoms with Crippen molar-refractivity contribution in [1.29, 1.82) is 0 Å². The van der Waals surface area contributed by atoms with E-state index >= 15 is 0 Å². The van der Waals surface area contributed by atoms with Crippen LogP contribution in [0.2, 0.25) is 0 Å². The molecule has 8 heteroatoms. The second kappa shape index (κ2) is 7.42. The van der Waals surface area contributed by atoms with E-state index in [1.54, 1.807) is 15.9 Å². The molecule has 0 aliphatic carbocycles. The molecule has 0 saturated carbocycles. The molecular formula is C19H25N3O4S. The van der Waals surface area contributed by atoms with Gasteiger partial charge in [0.25, 0.3) is 5.91 Å². The summed E-state index contributed by atoms with van der Waals surface area (Å²) < 4.78 is 0. The monoisotopic (exact) mass is 391 g/mol. The van der Waals surface area contributed by atoms with Gasteiger partial charge in [0.15, 0.2) is 5.78 Å². The van der Waals surface area contributed by atoms with E-state index in [0.29, 0.717) is 37.4 Å². The summed E-state index contributed by atoms with van der Waals surface area (Å²) in [5.41, 5.74) is 0.00758. The van der Waals surface area contributed by atoms with Gasteiger partial charge < -0.3 is 9.80 Å². The first kappa shape index (κ1) is 19.5. The number of rotatable bonds is 5. The summed E-state index contributed by atoms with van der Waals surface area (Å²) in [6.45, 7) is 6.94. The summed E-state index contributed by atoms with van der Waals surface area (Å²) in [6, 6.07) is 1.44. The number of nitrogens with one attached hydrogen (secondary N) is 1. The third kappa shape index (κ3) is 3.76. The smallest absolute Gasteiger partial charge is 0.325 e. The molecule has 2 aliphatic heterocycles. The molecule has 4 amide bonds. The molecule has 0 bridgehead atoms. The minimum Gasteiger partial charge on any atom is -0.342 e. The zero-order chi connectivity index (χ0) is 19.8. The number of nitrogens with zero attached hydrogens (tertiary/aromatic N) is 2. The van der Waals surface area contributed by atoms with Crippen molar-refractivity contribution in [2.45, 2.75) is 45.6 Å². The number of piperidine rings is 1. The van der Waals surface area contributed by atoms with E-state index in [1.165, 1.54) is 18.3 Å². The summed E-state index contributed by atoms with van der Waals surface area (Å²) >= 11 is 1.35. The zero-order valence-electron chi connectivity index (χ0n) is 15.9. The molecule has 3 heterocycles. The molecule has 0 atom stereocenters. The van der Waals surface area contributed by atoms with Gasteiger partial charge in [0.1, 0.15) is 5.54 Å². The Hall–Kier alpha value is -2.22. The first-order chi connectivity index (χ1) is 12.7. The molecule has 2 fully saturated rings. The molecule has 2 aliphatic rings. The Labute approximate surface area is 162 Å². The molecule has 0 unspecified atom stereocenters. The Balaban J connectivity index is 1.64. The molecule has 146 valence electrons. The van der Waals surface area contributed by atoms with Crippen LogP contribution >= 0.6 is 11.3 Å². The van der Waals surface area contributed by atoms with Crippen molar-refractivity contribution in [3.63, 3.8) is 0 Å². The lowest BCUT2D eigenvalue weighted by molar-refractivity contribution is -0.137. The topological polar surface area (TPSA) is 86.8 Å². The van der Waals surface area contributed by atoms with E-state index in [-0.39, 0.29) is 36.0 Å². The highest BCUT2D eigenvalue weighted by Gasteiger charge is 2.54. The van der Waals surface area contributed by atoms with Crippen molar-refractivity contribution in [3.8, 4) is 0 Å². The van der Waals surface area contributed by atoms with Crippen molar-refractivity contribution in [2.24, 2.45) is 5.92 Å². The van der Waals surface area contributed by atoms with Gasteiger partial charge >= 0.3 is 6.03 Å². The number of urea groups is 1. The third-order valence-corrected chi connectivity index (χ3v) is 6.33. The predicted octanol–water partition coefficient (Wildman–Crippen LogP) is 2.06. The first-order valence-electron chi connectivity index (χ1n) is 9.22. The summed E-state index contributed by atoms with van der Waals surface area (Å²) in [5.74, 6) is -0.00454.